The summed E-state index contributed by atoms with van der Waals surface area (Å²) in [6.45, 7) is 3.75. The Bertz CT molecular complexity index is 1480. The van der Waals surface area contributed by atoms with Crippen molar-refractivity contribution in [2.75, 3.05) is 12.3 Å². The second kappa shape index (κ2) is 11.6. The first-order valence-electron chi connectivity index (χ1n) is 12.3. The number of nitrogens with one attached hydrogen (secondary N) is 1. The van der Waals surface area contributed by atoms with Gasteiger partial charge in [0.1, 0.15) is 23.7 Å². The molecule has 0 aliphatic carbocycles. The molecule has 0 spiro atoms. The third-order valence-electron chi connectivity index (χ3n) is 5.92. The molecule has 0 radical (unpaired) electrons. The van der Waals surface area contributed by atoms with Crippen LogP contribution in [0.25, 0.3) is 10.8 Å². The number of esters is 1. The average molecular weight is 582 g/mol. The third-order valence-corrected chi connectivity index (χ3v) is 7.55. The van der Waals surface area contributed by atoms with Crippen LogP contribution < -0.4 is 21.0 Å². The van der Waals surface area contributed by atoms with Crippen molar-refractivity contribution in [2.24, 2.45) is 0 Å². The number of hydrogen-bond donors (Lipinski definition) is 3. The zero-order chi connectivity index (χ0) is 29.2. The van der Waals surface area contributed by atoms with E-state index in [-0.39, 0.29) is 11.6 Å². The van der Waals surface area contributed by atoms with Crippen molar-refractivity contribution >= 4 is 30.3 Å². The molecule has 40 heavy (non-hydrogen) atoms. The SMILES string of the molecule is CC(C)OC(=O)[C@H](C)NP(=O)(OC[C@H]1O[C@@H](n2ccc(N)nc2=O)C(F)(F)[C@@H]1O)Oc1cccc2ccccc12. The lowest BCUT2D eigenvalue weighted by Gasteiger charge is -2.25. The standard InChI is InChI=1S/C25H29F2N4O8P/c1-14(2)37-22(33)15(3)30-40(35,39-18-10-6-8-16-7-4-5-9-17(16)18)36-13-19-21(32)25(26,27)23(38-19)31-12-11-20(28)29-24(31)34/h4-12,14-15,19,21,23,32H,13H2,1-3H3,(H,30,35)(H2,28,29,34)/t15-,19+,21+,23+,40?/m0/s1. The molecule has 12 nitrogen and oxygen atoms in total. The van der Waals surface area contributed by atoms with E-state index in [0.29, 0.717) is 9.95 Å². The highest BCUT2D eigenvalue weighted by Gasteiger charge is 2.60. The summed E-state index contributed by atoms with van der Waals surface area (Å²) in [6, 6.07) is 11.9. The zero-order valence-corrected chi connectivity index (χ0v) is 22.7. The lowest BCUT2D eigenvalue weighted by atomic mass is 10.1. The molecule has 4 rings (SSSR count). The van der Waals surface area contributed by atoms with Gasteiger partial charge in [-0.05, 0) is 38.3 Å². The number of carbonyl (C=O) groups excluding carboxylic acids is 1. The first-order valence-corrected chi connectivity index (χ1v) is 13.8. The van der Waals surface area contributed by atoms with Crippen LogP contribution in [-0.4, -0.2) is 57.5 Å². The molecule has 3 aromatic rings. The predicted octanol–water partition coefficient (Wildman–Crippen LogP) is 3.01. The van der Waals surface area contributed by atoms with E-state index in [4.69, 9.17) is 24.3 Å². The van der Waals surface area contributed by atoms with E-state index >= 15 is 0 Å². The number of anilines is 1. The molecule has 1 aliphatic rings. The number of nitrogens with zero attached hydrogens (tertiary/aromatic N) is 2. The molecule has 15 heteroatoms. The number of nitrogens with two attached hydrogens (primary N) is 1. The minimum absolute atomic E-state index is 0.119. The number of fused-ring (bicyclic) bond motifs is 1. The first kappa shape index (κ1) is 29.6. The molecule has 1 saturated heterocycles. The fourth-order valence-corrected chi connectivity index (χ4v) is 5.52. The number of nitrogen functional groups attached to an aromatic ring is 1. The molecule has 0 bridgehead atoms. The van der Waals surface area contributed by atoms with E-state index in [1.54, 1.807) is 50.2 Å². The third kappa shape index (κ3) is 6.31. The number of halogens is 2. The van der Waals surface area contributed by atoms with E-state index in [0.717, 1.165) is 17.6 Å². The molecular formula is C25H29F2N4O8P. The van der Waals surface area contributed by atoms with E-state index < -0.39 is 62.5 Å². The Hall–Kier alpha value is -3.42. The van der Waals surface area contributed by atoms with Crippen molar-refractivity contribution in [1.29, 1.82) is 0 Å². The number of aromatic nitrogens is 2. The van der Waals surface area contributed by atoms with Crippen LogP contribution in [0.15, 0.2) is 59.5 Å². The van der Waals surface area contributed by atoms with Gasteiger partial charge in [0.25, 0.3) is 0 Å². The number of alkyl halides is 2. The molecule has 5 atom stereocenters. The highest BCUT2D eigenvalue weighted by Crippen LogP contribution is 2.49. The topological polar surface area (TPSA) is 164 Å². The monoisotopic (exact) mass is 582 g/mol. The maximum absolute atomic E-state index is 15.0. The molecule has 1 unspecified atom stereocenters. The molecule has 0 amide bonds. The number of ether oxygens (including phenoxy) is 2. The summed E-state index contributed by atoms with van der Waals surface area (Å²) in [5.74, 6) is -4.79. The normalized spacial score (nSPS) is 22.6. The minimum atomic E-state index is -4.51. The van der Waals surface area contributed by atoms with E-state index in [1.165, 1.54) is 13.0 Å². The maximum Gasteiger partial charge on any atom is 0.459 e. The Balaban J connectivity index is 1.59. The van der Waals surface area contributed by atoms with Crippen LogP contribution in [0.4, 0.5) is 14.6 Å². The number of hydrogen-bond acceptors (Lipinski definition) is 10. The fourth-order valence-electron chi connectivity index (χ4n) is 4.00. The lowest BCUT2D eigenvalue weighted by molar-refractivity contribution is -0.149. The molecular weight excluding hydrogens is 553 g/mol. The number of aliphatic hydroxyl groups excluding tert-OH is 1. The molecule has 2 aromatic carbocycles. The zero-order valence-electron chi connectivity index (χ0n) is 21.8. The Morgan fingerprint density at radius 2 is 1.93 bits per heavy atom. The van der Waals surface area contributed by atoms with E-state index in [2.05, 4.69) is 10.1 Å². The van der Waals surface area contributed by atoms with Crippen molar-refractivity contribution in [3.63, 3.8) is 0 Å². The smallest absolute Gasteiger partial charge is 0.459 e. The number of rotatable bonds is 10. The molecule has 1 aliphatic heterocycles. The van der Waals surface area contributed by atoms with Gasteiger partial charge >= 0.3 is 25.3 Å². The van der Waals surface area contributed by atoms with Crippen LogP contribution in [0.2, 0.25) is 0 Å². The lowest BCUT2D eigenvalue weighted by Crippen LogP contribution is -2.42. The van der Waals surface area contributed by atoms with E-state index in [9.17, 15) is 28.0 Å². The van der Waals surface area contributed by atoms with Gasteiger partial charge in [-0.2, -0.15) is 18.9 Å². The van der Waals surface area contributed by atoms with Crippen LogP contribution in [0, 0.1) is 0 Å². The van der Waals surface area contributed by atoms with E-state index in [1.807, 2.05) is 0 Å². The fraction of sp³-hybridized carbons (Fsp3) is 0.400. The molecule has 2 heterocycles. The Labute approximate surface area is 227 Å². The summed E-state index contributed by atoms with van der Waals surface area (Å²) in [5.41, 5.74) is 4.30. The van der Waals surface area contributed by atoms with Gasteiger partial charge in [-0.15, -0.1) is 0 Å². The van der Waals surface area contributed by atoms with Gasteiger partial charge in [0.2, 0.25) is 6.23 Å². The number of aliphatic hydroxyl groups is 1. The summed E-state index contributed by atoms with van der Waals surface area (Å²) < 4.78 is 66.0. The van der Waals surface area contributed by atoms with Gasteiger partial charge < -0.3 is 24.8 Å². The van der Waals surface area contributed by atoms with Gasteiger partial charge in [0, 0.05) is 11.6 Å². The van der Waals surface area contributed by atoms with Gasteiger partial charge in [-0.3, -0.25) is 13.9 Å². The molecule has 1 fully saturated rings. The van der Waals surface area contributed by atoms with Gasteiger partial charge in [0.15, 0.2) is 6.10 Å². The second-order valence-electron chi connectivity index (χ2n) is 9.39. The van der Waals surface area contributed by atoms with Crippen molar-refractivity contribution in [3.8, 4) is 5.75 Å². The van der Waals surface area contributed by atoms with Crippen molar-refractivity contribution in [3.05, 3.63) is 65.2 Å². The highest BCUT2D eigenvalue weighted by molar-refractivity contribution is 7.52. The molecule has 1 aromatic heterocycles. The van der Waals surface area contributed by atoms with Crippen molar-refractivity contribution < 1.29 is 41.8 Å². The predicted molar refractivity (Wildman–Crippen MR) is 140 cm³/mol. The summed E-state index contributed by atoms with van der Waals surface area (Å²) in [6.07, 6.45) is -5.98. The van der Waals surface area contributed by atoms with Crippen LogP contribution in [0.3, 0.4) is 0 Å². The molecule has 0 saturated carbocycles. The molecule has 4 N–H and O–H groups in total. The Kier molecular flexibility index (Phi) is 8.57. The minimum Gasteiger partial charge on any atom is -0.462 e. The van der Waals surface area contributed by atoms with Gasteiger partial charge in [0.05, 0.1) is 12.7 Å². The summed E-state index contributed by atoms with van der Waals surface area (Å²) in [5, 5.41) is 14.1. The van der Waals surface area contributed by atoms with Crippen LogP contribution in [0.1, 0.15) is 27.0 Å². The van der Waals surface area contributed by atoms with Crippen LogP contribution >= 0.6 is 7.75 Å². The Morgan fingerprint density at radius 3 is 2.62 bits per heavy atom. The summed E-state index contributed by atoms with van der Waals surface area (Å²) in [7, 11) is -4.51. The second-order valence-corrected chi connectivity index (χ2v) is 11.1. The van der Waals surface area contributed by atoms with Gasteiger partial charge in [-0.25, -0.2) is 9.36 Å². The highest BCUT2D eigenvalue weighted by atomic mass is 31.2. The largest absolute Gasteiger partial charge is 0.462 e. The maximum atomic E-state index is 15.0. The number of benzene rings is 2. The van der Waals surface area contributed by atoms with Gasteiger partial charge in [-0.1, -0.05) is 36.4 Å². The average Bonchev–Trinajstić information content (AvgIpc) is 3.11. The summed E-state index contributed by atoms with van der Waals surface area (Å²) in [4.78, 5) is 28.0. The molecule has 216 valence electrons. The number of carbonyl (C=O) groups is 1. The Morgan fingerprint density at radius 1 is 1.23 bits per heavy atom. The van der Waals surface area contributed by atoms with Crippen LogP contribution in [0.5, 0.6) is 5.75 Å². The first-order chi connectivity index (χ1) is 18.8. The van der Waals surface area contributed by atoms with Crippen molar-refractivity contribution in [1.82, 2.24) is 14.6 Å². The summed E-state index contributed by atoms with van der Waals surface area (Å²) >= 11 is 0. The van der Waals surface area contributed by atoms with Crippen molar-refractivity contribution in [2.45, 2.75) is 57.3 Å². The quantitative estimate of drug-likeness (QED) is 0.238. The van der Waals surface area contributed by atoms with Crippen LogP contribution in [-0.2, 0) is 23.4 Å².